The van der Waals surface area contributed by atoms with Crippen molar-refractivity contribution in [2.24, 2.45) is 0 Å². The molecule has 8 heteroatoms. The lowest BCUT2D eigenvalue weighted by Gasteiger charge is -2.37. The van der Waals surface area contributed by atoms with Gasteiger partial charge in [-0.25, -0.2) is 0 Å². The Hall–Kier alpha value is -0.890. The fraction of sp³-hybridized carbons (Fsp3) is 0.800. The lowest BCUT2D eigenvalue weighted by atomic mass is 9.92. The molecule has 0 bridgehead atoms. The van der Waals surface area contributed by atoms with Crippen molar-refractivity contribution in [2.45, 2.75) is 37.9 Å². The van der Waals surface area contributed by atoms with E-state index >= 15 is 0 Å². The van der Waals surface area contributed by atoms with Crippen LogP contribution >= 0.6 is 11.5 Å². The van der Waals surface area contributed by atoms with Gasteiger partial charge in [-0.2, -0.15) is 22.5 Å². The fourth-order valence-electron chi connectivity index (χ4n) is 1.82. The minimum Gasteiger partial charge on any atom is -0.396 e. The Morgan fingerprint density at radius 3 is 2.56 bits per heavy atom. The molecule has 18 heavy (non-hydrogen) atoms. The molecule has 0 spiro atoms. The summed E-state index contributed by atoms with van der Waals surface area (Å²) < 4.78 is 40.7. The van der Waals surface area contributed by atoms with Gasteiger partial charge in [0.15, 0.2) is 0 Å². The summed E-state index contributed by atoms with van der Waals surface area (Å²) in [5.41, 5.74) is 0. The van der Waals surface area contributed by atoms with Crippen molar-refractivity contribution in [2.75, 3.05) is 18.1 Å². The van der Waals surface area contributed by atoms with Crippen molar-refractivity contribution in [1.82, 2.24) is 9.36 Å². The zero-order chi connectivity index (χ0) is 13.2. The Bertz CT molecular complexity index is 392. The second kappa shape index (κ2) is 5.40. The minimum atomic E-state index is -4.49. The number of aromatic nitrogens is 2. The van der Waals surface area contributed by atoms with Crippen LogP contribution in [0.15, 0.2) is 0 Å². The molecule has 4 nitrogen and oxygen atoms in total. The molecule has 1 saturated carbocycles. The van der Waals surface area contributed by atoms with Crippen LogP contribution in [0.4, 0.5) is 18.3 Å². The van der Waals surface area contributed by atoms with Crippen LogP contribution in [0.25, 0.3) is 0 Å². The van der Waals surface area contributed by atoms with Crippen molar-refractivity contribution < 1.29 is 18.3 Å². The van der Waals surface area contributed by atoms with Crippen LogP contribution < -0.4 is 4.90 Å². The molecular weight excluding hydrogens is 267 g/mol. The van der Waals surface area contributed by atoms with Gasteiger partial charge in [0.05, 0.1) is 0 Å². The van der Waals surface area contributed by atoms with E-state index in [1.807, 2.05) is 4.90 Å². The second-order valence-electron chi connectivity index (χ2n) is 4.25. The predicted octanol–water partition coefficient (Wildman–Crippen LogP) is 2.30. The molecule has 0 unspecified atom stereocenters. The van der Waals surface area contributed by atoms with Gasteiger partial charge < -0.3 is 10.0 Å². The summed E-state index contributed by atoms with van der Waals surface area (Å²) in [5, 5.41) is 9.14. The summed E-state index contributed by atoms with van der Waals surface area (Å²) in [6.07, 6.45) is -0.946. The maximum absolute atomic E-state index is 12.4. The fourth-order valence-corrected chi connectivity index (χ4v) is 2.61. The molecule has 0 atom stereocenters. The van der Waals surface area contributed by atoms with Gasteiger partial charge in [-0.15, -0.1) is 0 Å². The average Bonchev–Trinajstić information content (AvgIpc) is 2.69. The third kappa shape index (κ3) is 2.92. The summed E-state index contributed by atoms with van der Waals surface area (Å²) in [6, 6.07) is 0.241. The first kappa shape index (κ1) is 13.5. The van der Waals surface area contributed by atoms with Gasteiger partial charge in [0.2, 0.25) is 11.0 Å². The van der Waals surface area contributed by atoms with Gasteiger partial charge in [-0.1, -0.05) is 0 Å². The Kier molecular flexibility index (Phi) is 4.06. The molecule has 0 amide bonds. The summed E-state index contributed by atoms with van der Waals surface area (Å²) in [4.78, 5) is 5.40. The van der Waals surface area contributed by atoms with Crippen LogP contribution in [0.2, 0.25) is 0 Å². The molecule has 1 aromatic rings. The number of hydrogen-bond acceptors (Lipinski definition) is 5. The molecule has 1 aliphatic carbocycles. The van der Waals surface area contributed by atoms with Crippen LogP contribution in [0.5, 0.6) is 0 Å². The van der Waals surface area contributed by atoms with Crippen molar-refractivity contribution in [1.29, 1.82) is 0 Å². The molecule has 102 valence electrons. The van der Waals surface area contributed by atoms with Crippen LogP contribution in [0, 0.1) is 0 Å². The first-order valence-corrected chi connectivity index (χ1v) is 6.58. The Morgan fingerprint density at radius 1 is 1.39 bits per heavy atom. The highest BCUT2D eigenvalue weighted by Crippen LogP contribution is 2.34. The third-order valence-electron chi connectivity index (χ3n) is 2.99. The number of rotatable bonds is 5. The molecule has 1 aliphatic rings. The molecule has 0 aromatic carbocycles. The molecule has 1 aromatic heterocycles. The zero-order valence-corrected chi connectivity index (χ0v) is 10.5. The summed E-state index contributed by atoms with van der Waals surface area (Å²) in [5.74, 6) is -1.07. The predicted molar refractivity (Wildman–Crippen MR) is 61.6 cm³/mol. The van der Waals surface area contributed by atoms with E-state index < -0.39 is 12.0 Å². The molecule has 0 radical (unpaired) electrons. The second-order valence-corrected chi connectivity index (χ2v) is 4.98. The molecule has 0 aliphatic heterocycles. The van der Waals surface area contributed by atoms with Crippen molar-refractivity contribution >= 4 is 16.7 Å². The van der Waals surface area contributed by atoms with E-state index in [2.05, 4.69) is 9.36 Å². The summed E-state index contributed by atoms with van der Waals surface area (Å²) in [7, 11) is 0. The lowest BCUT2D eigenvalue weighted by molar-refractivity contribution is -0.144. The van der Waals surface area contributed by atoms with E-state index in [0.717, 1.165) is 30.8 Å². The van der Waals surface area contributed by atoms with Gasteiger partial charge in [0, 0.05) is 30.7 Å². The van der Waals surface area contributed by atoms with Gasteiger partial charge in [0.25, 0.3) is 0 Å². The van der Waals surface area contributed by atoms with Gasteiger partial charge in [-0.05, 0) is 25.7 Å². The van der Waals surface area contributed by atoms with E-state index in [9.17, 15) is 13.2 Å². The topological polar surface area (TPSA) is 49.2 Å². The number of hydrogen-bond donors (Lipinski definition) is 1. The van der Waals surface area contributed by atoms with Crippen molar-refractivity contribution in [3.63, 3.8) is 0 Å². The highest BCUT2D eigenvalue weighted by atomic mass is 32.1. The zero-order valence-electron chi connectivity index (χ0n) is 9.65. The summed E-state index contributed by atoms with van der Waals surface area (Å²) in [6.45, 7) is 0.543. The number of anilines is 1. The molecule has 1 heterocycles. The van der Waals surface area contributed by atoms with E-state index in [0.29, 0.717) is 18.1 Å². The summed E-state index contributed by atoms with van der Waals surface area (Å²) >= 11 is 0.776. The first-order valence-electron chi connectivity index (χ1n) is 5.81. The Labute approximate surface area is 107 Å². The molecular formula is C10H14F3N3OS. The number of alkyl halides is 3. The van der Waals surface area contributed by atoms with E-state index in [4.69, 9.17) is 5.11 Å². The SMILES string of the molecule is OCCCN(c1nc(C(F)(F)F)ns1)C1CCC1. The average molecular weight is 281 g/mol. The molecule has 0 saturated heterocycles. The smallest absolute Gasteiger partial charge is 0.396 e. The number of nitrogens with zero attached hydrogens (tertiary/aromatic N) is 3. The molecule has 1 fully saturated rings. The number of halogens is 3. The quantitative estimate of drug-likeness (QED) is 0.899. The number of aliphatic hydroxyl groups is 1. The van der Waals surface area contributed by atoms with Crippen LogP contribution in [-0.2, 0) is 6.18 Å². The van der Waals surface area contributed by atoms with Crippen molar-refractivity contribution in [3.05, 3.63) is 5.82 Å². The van der Waals surface area contributed by atoms with Crippen LogP contribution in [0.3, 0.4) is 0 Å². The maximum Gasteiger partial charge on any atom is 0.452 e. The Morgan fingerprint density at radius 2 is 2.11 bits per heavy atom. The molecule has 1 N–H and O–H groups in total. The van der Waals surface area contributed by atoms with E-state index in [-0.39, 0.29) is 12.6 Å². The highest BCUT2D eigenvalue weighted by molar-refractivity contribution is 7.09. The van der Waals surface area contributed by atoms with Gasteiger partial charge in [-0.3, -0.25) is 0 Å². The van der Waals surface area contributed by atoms with Crippen molar-refractivity contribution in [3.8, 4) is 0 Å². The molecule has 2 rings (SSSR count). The standard InChI is InChI=1S/C10H14F3N3OS/c11-10(12,13)8-14-9(18-15-8)16(5-2-6-17)7-3-1-4-7/h7,17H,1-6H2. The maximum atomic E-state index is 12.4. The first-order chi connectivity index (χ1) is 8.52. The van der Waals surface area contributed by atoms with Gasteiger partial charge >= 0.3 is 6.18 Å². The third-order valence-corrected chi connectivity index (χ3v) is 3.74. The van der Waals surface area contributed by atoms with E-state index in [1.165, 1.54) is 0 Å². The largest absolute Gasteiger partial charge is 0.452 e. The van der Waals surface area contributed by atoms with Gasteiger partial charge in [0.1, 0.15) is 0 Å². The monoisotopic (exact) mass is 281 g/mol. The lowest BCUT2D eigenvalue weighted by Crippen LogP contribution is -2.41. The minimum absolute atomic E-state index is 0.0220. The van der Waals surface area contributed by atoms with Crippen LogP contribution in [0.1, 0.15) is 31.5 Å². The highest BCUT2D eigenvalue weighted by Gasteiger charge is 2.37. The Balaban J connectivity index is 2.11. The van der Waals surface area contributed by atoms with E-state index in [1.54, 1.807) is 0 Å². The number of aliphatic hydroxyl groups excluding tert-OH is 1. The normalized spacial score (nSPS) is 16.7. The van der Waals surface area contributed by atoms with Crippen LogP contribution in [-0.4, -0.2) is 33.7 Å².